The van der Waals surface area contributed by atoms with Crippen molar-refractivity contribution >= 4 is 16.6 Å². The van der Waals surface area contributed by atoms with Crippen molar-refractivity contribution in [2.75, 3.05) is 0 Å². The van der Waals surface area contributed by atoms with Gasteiger partial charge in [-0.1, -0.05) is 0 Å². The Kier molecular flexibility index (Phi) is 2.04. The van der Waals surface area contributed by atoms with Crippen LogP contribution in [0.25, 0.3) is 10.9 Å². The van der Waals surface area contributed by atoms with Crippen LogP contribution in [0.3, 0.4) is 0 Å². The highest BCUT2D eigenvalue weighted by molar-refractivity contribution is 5.79. The molecule has 2 rings (SSSR count). The van der Waals surface area contributed by atoms with Crippen molar-refractivity contribution in [2.24, 2.45) is 0 Å². The van der Waals surface area contributed by atoms with E-state index in [1.54, 1.807) is 0 Å². The Hall–Kier alpha value is -2.51. The Morgan fingerprint density at radius 1 is 1.25 bits per heavy atom. The Morgan fingerprint density at radius 2 is 1.94 bits per heavy atom. The molecule has 2 N–H and O–H groups in total. The fourth-order valence-electron chi connectivity index (χ4n) is 1.32. The molecule has 0 bridgehead atoms. The van der Waals surface area contributed by atoms with E-state index in [2.05, 4.69) is 4.98 Å². The molecule has 0 aliphatic heterocycles. The number of nitro groups is 1. The van der Waals surface area contributed by atoms with Gasteiger partial charge in [-0.3, -0.25) is 19.9 Å². The molecule has 1 aromatic heterocycles. The molecule has 0 radical (unpaired) electrons. The van der Waals surface area contributed by atoms with Crippen LogP contribution in [0.5, 0.6) is 0 Å². The Labute approximate surface area is 85.7 Å². The number of nitro benzene ring substituents is 1. The number of benzene rings is 1. The van der Waals surface area contributed by atoms with Gasteiger partial charge in [-0.15, -0.1) is 0 Å². The lowest BCUT2D eigenvalue weighted by Gasteiger charge is -1.97. The number of nitrogens with zero attached hydrogens (tertiary/aromatic N) is 1. The zero-order valence-electron chi connectivity index (χ0n) is 7.61. The van der Waals surface area contributed by atoms with Gasteiger partial charge in [-0.25, -0.2) is 4.79 Å². The lowest BCUT2D eigenvalue weighted by Crippen LogP contribution is -2.22. The van der Waals surface area contributed by atoms with Crippen LogP contribution in [0.4, 0.5) is 10.1 Å². The maximum Gasteiger partial charge on any atom is 0.326 e. The molecule has 7 nitrogen and oxygen atoms in total. The summed E-state index contributed by atoms with van der Waals surface area (Å²) in [5, 5.41) is 10.3. The van der Waals surface area contributed by atoms with Gasteiger partial charge in [0.2, 0.25) is 5.82 Å². The number of hydrogen-bond donors (Lipinski definition) is 2. The highest BCUT2D eigenvalue weighted by Gasteiger charge is 2.16. The van der Waals surface area contributed by atoms with Gasteiger partial charge in [0.25, 0.3) is 5.56 Å². The van der Waals surface area contributed by atoms with Crippen LogP contribution in [-0.4, -0.2) is 14.9 Å². The first-order valence-electron chi connectivity index (χ1n) is 4.09. The highest BCUT2D eigenvalue weighted by Crippen LogP contribution is 2.20. The molecule has 0 saturated heterocycles. The number of fused-ring (bicyclic) bond motifs is 1. The van der Waals surface area contributed by atoms with Crippen LogP contribution in [0.15, 0.2) is 21.7 Å². The average Bonchev–Trinajstić information content (AvgIpc) is 2.15. The van der Waals surface area contributed by atoms with E-state index in [1.165, 1.54) is 0 Å². The smallest absolute Gasteiger partial charge is 0.307 e. The van der Waals surface area contributed by atoms with Gasteiger partial charge in [-0.05, 0) is 0 Å². The second-order valence-corrected chi connectivity index (χ2v) is 3.01. The number of hydrogen-bond acceptors (Lipinski definition) is 4. The first kappa shape index (κ1) is 10.0. The largest absolute Gasteiger partial charge is 0.326 e. The molecule has 0 atom stereocenters. The van der Waals surface area contributed by atoms with E-state index in [0.29, 0.717) is 0 Å². The van der Waals surface area contributed by atoms with E-state index < -0.39 is 27.7 Å². The van der Waals surface area contributed by atoms with Crippen molar-refractivity contribution in [2.45, 2.75) is 0 Å². The summed E-state index contributed by atoms with van der Waals surface area (Å²) >= 11 is 0. The normalized spacial score (nSPS) is 10.6. The summed E-state index contributed by atoms with van der Waals surface area (Å²) in [7, 11) is 0. The molecular weight excluding hydrogens is 221 g/mol. The standard InChI is InChI=1S/C8H4FN3O4/c9-4-2-5-3(1-6(4)12(15)16)7(13)11-8(14)10-5/h1-2H,(H2,10,11,13,14). The monoisotopic (exact) mass is 225 g/mol. The van der Waals surface area contributed by atoms with Crippen molar-refractivity contribution in [3.05, 3.63) is 48.9 Å². The number of aromatic amines is 2. The third-order valence-electron chi connectivity index (χ3n) is 2.00. The van der Waals surface area contributed by atoms with Crippen molar-refractivity contribution < 1.29 is 9.31 Å². The third kappa shape index (κ3) is 1.45. The molecular formula is C8H4FN3O4. The van der Waals surface area contributed by atoms with E-state index in [4.69, 9.17) is 0 Å². The zero-order valence-corrected chi connectivity index (χ0v) is 7.61. The number of H-pyrrole nitrogens is 2. The Morgan fingerprint density at radius 3 is 2.56 bits per heavy atom. The highest BCUT2D eigenvalue weighted by atomic mass is 19.1. The summed E-state index contributed by atoms with van der Waals surface area (Å²) in [4.78, 5) is 35.7. The predicted molar refractivity (Wildman–Crippen MR) is 51.8 cm³/mol. The zero-order chi connectivity index (χ0) is 11.9. The molecule has 0 aliphatic rings. The second-order valence-electron chi connectivity index (χ2n) is 3.01. The summed E-state index contributed by atoms with van der Waals surface area (Å²) in [6, 6.07) is 1.52. The molecule has 0 unspecified atom stereocenters. The van der Waals surface area contributed by atoms with E-state index in [1.807, 2.05) is 4.98 Å². The molecule has 16 heavy (non-hydrogen) atoms. The average molecular weight is 225 g/mol. The lowest BCUT2D eigenvalue weighted by molar-refractivity contribution is -0.387. The molecule has 1 aromatic carbocycles. The molecule has 0 fully saturated rings. The Bertz CT molecular complexity index is 702. The SMILES string of the molecule is O=c1[nH]c(=O)c2cc([N+](=O)[O-])c(F)cc2[nH]1. The minimum atomic E-state index is -1.11. The molecule has 2 aromatic rings. The quantitative estimate of drug-likeness (QED) is 0.535. The van der Waals surface area contributed by atoms with Gasteiger partial charge in [0.05, 0.1) is 15.8 Å². The minimum absolute atomic E-state index is 0.0862. The van der Waals surface area contributed by atoms with Crippen LogP contribution in [0, 0.1) is 15.9 Å². The number of halogens is 1. The van der Waals surface area contributed by atoms with Crippen molar-refractivity contribution in [3.8, 4) is 0 Å². The van der Waals surface area contributed by atoms with E-state index >= 15 is 0 Å². The van der Waals surface area contributed by atoms with Crippen LogP contribution in [0.1, 0.15) is 0 Å². The maximum absolute atomic E-state index is 13.2. The molecule has 0 saturated carbocycles. The summed E-state index contributed by atoms with van der Waals surface area (Å²) < 4.78 is 13.2. The van der Waals surface area contributed by atoms with Gasteiger partial charge in [0.1, 0.15) is 0 Å². The molecule has 82 valence electrons. The fraction of sp³-hybridized carbons (Fsp3) is 0. The number of aromatic nitrogens is 2. The topological polar surface area (TPSA) is 109 Å². The van der Waals surface area contributed by atoms with Gasteiger partial charge in [0, 0.05) is 12.1 Å². The van der Waals surface area contributed by atoms with Crippen LogP contribution < -0.4 is 11.2 Å². The first-order chi connectivity index (χ1) is 7.49. The lowest BCUT2D eigenvalue weighted by atomic mass is 10.2. The van der Waals surface area contributed by atoms with Crippen molar-refractivity contribution in [1.82, 2.24) is 9.97 Å². The van der Waals surface area contributed by atoms with Crippen LogP contribution in [0.2, 0.25) is 0 Å². The summed E-state index contributed by atoms with van der Waals surface area (Å²) in [6.45, 7) is 0. The van der Waals surface area contributed by atoms with Gasteiger partial charge in [-0.2, -0.15) is 4.39 Å². The van der Waals surface area contributed by atoms with Crippen LogP contribution >= 0.6 is 0 Å². The van der Waals surface area contributed by atoms with E-state index in [0.717, 1.165) is 12.1 Å². The van der Waals surface area contributed by atoms with Gasteiger partial charge >= 0.3 is 11.4 Å². The molecule has 8 heteroatoms. The number of rotatable bonds is 1. The third-order valence-corrected chi connectivity index (χ3v) is 2.00. The Balaban J connectivity index is 2.96. The molecule has 0 amide bonds. The van der Waals surface area contributed by atoms with E-state index in [9.17, 15) is 24.1 Å². The fourth-order valence-corrected chi connectivity index (χ4v) is 1.32. The van der Waals surface area contributed by atoms with Gasteiger partial charge in [0.15, 0.2) is 0 Å². The van der Waals surface area contributed by atoms with Crippen molar-refractivity contribution in [3.63, 3.8) is 0 Å². The predicted octanol–water partition coefficient (Wildman–Crippen LogP) is 0.264. The summed E-state index contributed by atoms with van der Waals surface area (Å²) in [6.07, 6.45) is 0. The van der Waals surface area contributed by atoms with E-state index in [-0.39, 0.29) is 10.9 Å². The minimum Gasteiger partial charge on any atom is -0.307 e. The summed E-state index contributed by atoms with van der Waals surface area (Å²) in [5.41, 5.74) is -2.51. The maximum atomic E-state index is 13.2. The molecule has 0 aliphatic carbocycles. The second kappa shape index (κ2) is 3.26. The molecule has 0 spiro atoms. The molecule has 1 heterocycles. The van der Waals surface area contributed by atoms with Crippen LogP contribution in [-0.2, 0) is 0 Å². The summed E-state index contributed by atoms with van der Waals surface area (Å²) in [5.74, 6) is -1.11. The van der Waals surface area contributed by atoms with Gasteiger partial charge < -0.3 is 4.98 Å². The first-order valence-corrected chi connectivity index (χ1v) is 4.09. The number of nitrogens with one attached hydrogen (secondary N) is 2. The van der Waals surface area contributed by atoms with Crippen molar-refractivity contribution in [1.29, 1.82) is 0 Å².